The second-order valence-corrected chi connectivity index (χ2v) is 5.62. The maximum atomic E-state index is 5.52. The van der Waals surface area contributed by atoms with Gasteiger partial charge in [0.2, 0.25) is 0 Å². The SMILES string of the molecule is CCC1CCC(NCC2CCCOC2)CC1. The third kappa shape index (κ3) is 3.74. The number of nitrogens with one attached hydrogen (secondary N) is 1. The van der Waals surface area contributed by atoms with Gasteiger partial charge in [-0.15, -0.1) is 0 Å². The molecule has 2 rings (SSSR count). The highest BCUT2D eigenvalue weighted by molar-refractivity contribution is 4.78. The number of rotatable bonds is 4. The van der Waals surface area contributed by atoms with Crippen molar-refractivity contribution in [1.82, 2.24) is 5.32 Å². The largest absolute Gasteiger partial charge is 0.381 e. The molecule has 0 amide bonds. The summed E-state index contributed by atoms with van der Waals surface area (Å²) in [5.74, 6) is 1.79. The van der Waals surface area contributed by atoms with Crippen LogP contribution in [0.25, 0.3) is 0 Å². The summed E-state index contributed by atoms with van der Waals surface area (Å²) in [7, 11) is 0. The molecule has 2 aliphatic rings. The summed E-state index contributed by atoms with van der Waals surface area (Å²) in [5.41, 5.74) is 0. The highest BCUT2D eigenvalue weighted by Gasteiger charge is 2.21. The van der Waals surface area contributed by atoms with E-state index in [0.29, 0.717) is 0 Å². The molecule has 1 saturated heterocycles. The molecule has 0 bridgehead atoms. The van der Waals surface area contributed by atoms with Gasteiger partial charge in [-0.1, -0.05) is 13.3 Å². The molecule has 0 aromatic rings. The first-order chi connectivity index (χ1) is 7.88. The molecule has 0 aromatic carbocycles. The average Bonchev–Trinajstić information content (AvgIpc) is 2.38. The van der Waals surface area contributed by atoms with Gasteiger partial charge in [0.1, 0.15) is 0 Å². The first kappa shape index (κ1) is 12.4. The zero-order chi connectivity index (χ0) is 11.2. The second kappa shape index (κ2) is 6.61. The first-order valence-electron chi connectivity index (χ1n) is 7.19. The summed E-state index contributed by atoms with van der Waals surface area (Å²) in [6.07, 6.45) is 9.66. The molecule has 1 N–H and O–H groups in total. The topological polar surface area (TPSA) is 21.3 Å². The predicted molar refractivity (Wildman–Crippen MR) is 67.6 cm³/mol. The maximum absolute atomic E-state index is 5.52. The molecule has 1 heterocycles. The van der Waals surface area contributed by atoms with Crippen LogP contribution in [0.3, 0.4) is 0 Å². The molecule has 1 aliphatic heterocycles. The van der Waals surface area contributed by atoms with Crippen LogP contribution >= 0.6 is 0 Å². The lowest BCUT2D eigenvalue weighted by Gasteiger charge is -2.30. The molecule has 2 heteroatoms. The molecule has 2 fully saturated rings. The van der Waals surface area contributed by atoms with Gasteiger partial charge in [0.25, 0.3) is 0 Å². The van der Waals surface area contributed by atoms with Crippen LogP contribution in [0.15, 0.2) is 0 Å². The van der Waals surface area contributed by atoms with Crippen LogP contribution in [0.1, 0.15) is 51.9 Å². The summed E-state index contributed by atoms with van der Waals surface area (Å²) in [6.45, 7) is 5.48. The van der Waals surface area contributed by atoms with Crippen molar-refractivity contribution in [3.63, 3.8) is 0 Å². The average molecular weight is 225 g/mol. The molecule has 94 valence electrons. The Balaban J connectivity index is 1.59. The monoisotopic (exact) mass is 225 g/mol. The molecule has 0 aromatic heterocycles. The van der Waals surface area contributed by atoms with Crippen LogP contribution in [0.5, 0.6) is 0 Å². The molecule has 0 radical (unpaired) electrons. The Morgan fingerprint density at radius 3 is 2.50 bits per heavy atom. The van der Waals surface area contributed by atoms with Gasteiger partial charge in [0.15, 0.2) is 0 Å². The molecule has 1 atom stereocenters. The van der Waals surface area contributed by atoms with Crippen molar-refractivity contribution in [2.45, 2.75) is 57.9 Å². The van der Waals surface area contributed by atoms with E-state index in [-0.39, 0.29) is 0 Å². The minimum atomic E-state index is 0.776. The molecule has 1 saturated carbocycles. The van der Waals surface area contributed by atoms with Crippen molar-refractivity contribution < 1.29 is 4.74 Å². The second-order valence-electron chi connectivity index (χ2n) is 5.62. The first-order valence-corrected chi connectivity index (χ1v) is 7.19. The van der Waals surface area contributed by atoms with Crippen molar-refractivity contribution in [3.05, 3.63) is 0 Å². The molecule has 1 unspecified atom stereocenters. The van der Waals surface area contributed by atoms with Crippen LogP contribution in [0.4, 0.5) is 0 Å². The maximum Gasteiger partial charge on any atom is 0.0506 e. The smallest absolute Gasteiger partial charge is 0.0506 e. The van der Waals surface area contributed by atoms with E-state index in [0.717, 1.165) is 31.1 Å². The van der Waals surface area contributed by atoms with Crippen LogP contribution in [0.2, 0.25) is 0 Å². The van der Waals surface area contributed by atoms with E-state index >= 15 is 0 Å². The van der Waals surface area contributed by atoms with E-state index in [9.17, 15) is 0 Å². The van der Waals surface area contributed by atoms with Crippen LogP contribution in [-0.2, 0) is 4.74 Å². The van der Waals surface area contributed by atoms with E-state index in [2.05, 4.69) is 12.2 Å². The predicted octanol–water partition coefficient (Wildman–Crippen LogP) is 2.97. The molecule has 0 spiro atoms. The number of hydrogen-bond acceptors (Lipinski definition) is 2. The molecule has 2 nitrogen and oxygen atoms in total. The Morgan fingerprint density at radius 2 is 1.88 bits per heavy atom. The van der Waals surface area contributed by atoms with E-state index in [1.807, 2.05) is 0 Å². The van der Waals surface area contributed by atoms with Crippen LogP contribution in [-0.4, -0.2) is 25.8 Å². The van der Waals surface area contributed by atoms with Crippen LogP contribution < -0.4 is 5.32 Å². The van der Waals surface area contributed by atoms with Gasteiger partial charge >= 0.3 is 0 Å². The van der Waals surface area contributed by atoms with Crippen molar-refractivity contribution in [2.75, 3.05) is 19.8 Å². The highest BCUT2D eigenvalue weighted by Crippen LogP contribution is 2.26. The summed E-state index contributed by atoms with van der Waals surface area (Å²) in [6, 6.07) is 0.796. The van der Waals surface area contributed by atoms with Gasteiger partial charge in [-0.25, -0.2) is 0 Å². The van der Waals surface area contributed by atoms with Crippen molar-refractivity contribution >= 4 is 0 Å². The molecule has 16 heavy (non-hydrogen) atoms. The minimum absolute atomic E-state index is 0.776. The summed E-state index contributed by atoms with van der Waals surface area (Å²) in [5, 5.41) is 3.76. The van der Waals surface area contributed by atoms with Crippen LogP contribution in [0, 0.1) is 11.8 Å². The van der Waals surface area contributed by atoms with Gasteiger partial charge in [-0.05, 0) is 50.4 Å². The van der Waals surface area contributed by atoms with Crippen molar-refractivity contribution in [1.29, 1.82) is 0 Å². The van der Waals surface area contributed by atoms with Crippen molar-refractivity contribution in [3.8, 4) is 0 Å². The Kier molecular flexibility index (Phi) is 5.11. The zero-order valence-corrected chi connectivity index (χ0v) is 10.7. The van der Waals surface area contributed by atoms with Gasteiger partial charge in [-0.2, -0.15) is 0 Å². The molecular formula is C14H27NO. The minimum Gasteiger partial charge on any atom is -0.381 e. The fraction of sp³-hybridized carbons (Fsp3) is 1.00. The van der Waals surface area contributed by atoms with E-state index in [1.54, 1.807) is 0 Å². The Hall–Kier alpha value is -0.0800. The normalized spacial score (nSPS) is 36.2. The summed E-state index contributed by atoms with van der Waals surface area (Å²) >= 11 is 0. The van der Waals surface area contributed by atoms with Gasteiger partial charge in [0, 0.05) is 19.2 Å². The zero-order valence-electron chi connectivity index (χ0n) is 10.7. The lowest BCUT2D eigenvalue weighted by atomic mass is 9.84. The lowest BCUT2D eigenvalue weighted by molar-refractivity contribution is 0.0529. The van der Waals surface area contributed by atoms with Crippen molar-refractivity contribution in [2.24, 2.45) is 11.8 Å². The highest BCUT2D eigenvalue weighted by atomic mass is 16.5. The Morgan fingerprint density at radius 1 is 1.06 bits per heavy atom. The fourth-order valence-corrected chi connectivity index (χ4v) is 3.08. The Labute approximate surface area is 100 Å². The number of hydrogen-bond donors (Lipinski definition) is 1. The lowest BCUT2D eigenvalue weighted by Crippen LogP contribution is -2.38. The number of ether oxygens (including phenoxy) is 1. The molecule has 1 aliphatic carbocycles. The van der Waals surface area contributed by atoms with E-state index in [1.165, 1.54) is 51.5 Å². The van der Waals surface area contributed by atoms with Gasteiger partial charge in [-0.3, -0.25) is 0 Å². The Bertz CT molecular complexity index is 181. The standard InChI is InChI=1S/C14H27NO/c1-2-12-5-7-14(8-6-12)15-10-13-4-3-9-16-11-13/h12-15H,2-11H2,1H3. The van der Waals surface area contributed by atoms with Gasteiger partial charge < -0.3 is 10.1 Å². The molecular weight excluding hydrogens is 198 g/mol. The third-order valence-corrected chi connectivity index (χ3v) is 4.37. The van der Waals surface area contributed by atoms with E-state index < -0.39 is 0 Å². The fourth-order valence-electron chi connectivity index (χ4n) is 3.08. The van der Waals surface area contributed by atoms with Gasteiger partial charge in [0.05, 0.1) is 6.61 Å². The third-order valence-electron chi connectivity index (χ3n) is 4.37. The van der Waals surface area contributed by atoms with E-state index in [4.69, 9.17) is 4.74 Å². The quantitative estimate of drug-likeness (QED) is 0.794. The summed E-state index contributed by atoms with van der Waals surface area (Å²) in [4.78, 5) is 0. The summed E-state index contributed by atoms with van der Waals surface area (Å²) < 4.78 is 5.52.